The van der Waals surface area contributed by atoms with Gasteiger partial charge in [0.05, 0.1) is 0 Å². The van der Waals surface area contributed by atoms with E-state index in [9.17, 15) is 4.79 Å². The van der Waals surface area contributed by atoms with Crippen molar-refractivity contribution in [3.8, 4) is 11.3 Å². The van der Waals surface area contributed by atoms with Crippen LogP contribution in [0.2, 0.25) is 0 Å². The molecule has 1 aromatic carbocycles. The number of carbonyl (C=O) groups is 1. The van der Waals surface area contributed by atoms with Crippen LogP contribution in [0.1, 0.15) is 48.3 Å². The van der Waals surface area contributed by atoms with Crippen LogP contribution in [-0.4, -0.2) is 58.2 Å². The predicted molar refractivity (Wildman–Crippen MR) is 127 cm³/mol. The Kier molecular flexibility index (Phi) is 6.24. The van der Waals surface area contributed by atoms with Crippen LogP contribution in [0.3, 0.4) is 0 Å². The van der Waals surface area contributed by atoms with Gasteiger partial charge in [-0.1, -0.05) is 54.8 Å². The number of anilines is 2. The largest absolute Gasteiger partial charge is 0.355 e. The van der Waals surface area contributed by atoms with Crippen LogP contribution < -0.4 is 10.2 Å². The first kappa shape index (κ1) is 21.4. The van der Waals surface area contributed by atoms with Crippen molar-refractivity contribution in [3.63, 3.8) is 0 Å². The number of rotatable bonds is 5. The lowest BCUT2D eigenvalue weighted by Gasteiger charge is -2.35. The van der Waals surface area contributed by atoms with Crippen molar-refractivity contribution in [1.82, 2.24) is 20.0 Å². The summed E-state index contributed by atoms with van der Waals surface area (Å²) in [6, 6.07) is 13.9. The minimum atomic E-state index is -0.0981. The molecule has 8 nitrogen and oxygen atoms in total. The molecular formula is C25H30N6O2. The Bertz CT molecular complexity index is 1090. The smallest absolute Gasteiger partial charge is 0.276 e. The Morgan fingerprint density at radius 2 is 1.76 bits per heavy atom. The summed E-state index contributed by atoms with van der Waals surface area (Å²) in [7, 11) is 0. The fourth-order valence-electron chi connectivity index (χ4n) is 4.62. The van der Waals surface area contributed by atoms with E-state index in [4.69, 9.17) is 9.51 Å². The molecule has 33 heavy (non-hydrogen) atoms. The Morgan fingerprint density at radius 3 is 2.52 bits per heavy atom. The van der Waals surface area contributed by atoms with Gasteiger partial charge in [0.1, 0.15) is 5.82 Å². The molecule has 5 rings (SSSR count). The van der Waals surface area contributed by atoms with Gasteiger partial charge in [-0.2, -0.15) is 4.98 Å². The van der Waals surface area contributed by atoms with Crippen LogP contribution in [0, 0.1) is 6.92 Å². The summed E-state index contributed by atoms with van der Waals surface area (Å²) in [6.07, 6.45) is 6.22. The highest BCUT2D eigenvalue weighted by molar-refractivity contribution is 5.93. The van der Waals surface area contributed by atoms with E-state index >= 15 is 0 Å². The van der Waals surface area contributed by atoms with E-state index in [2.05, 4.69) is 20.4 Å². The average molecular weight is 447 g/mol. The van der Waals surface area contributed by atoms with E-state index in [0.717, 1.165) is 17.1 Å². The summed E-state index contributed by atoms with van der Waals surface area (Å²) in [5.74, 6) is 2.14. The molecule has 1 N–H and O–H groups in total. The quantitative estimate of drug-likeness (QED) is 0.630. The van der Waals surface area contributed by atoms with Crippen LogP contribution in [0.15, 0.2) is 47.0 Å². The number of amides is 1. The number of nitrogens with one attached hydrogen (secondary N) is 1. The Labute approximate surface area is 194 Å². The fourth-order valence-corrected chi connectivity index (χ4v) is 4.62. The van der Waals surface area contributed by atoms with E-state index in [1.807, 2.05) is 48.2 Å². The molecule has 0 bridgehead atoms. The van der Waals surface area contributed by atoms with Gasteiger partial charge in [-0.15, -0.1) is 0 Å². The predicted octanol–water partition coefficient (Wildman–Crippen LogP) is 4.15. The van der Waals surface area contributed by atoms with Gasteiger partial charge in [-0.05, 0) is 19.8 Å². The topological polar surface area (TPSA) is 87.4 Å². The van der Waals surface area contributed by atoms with Crippen LogP contribution in [0.4, 0.5) is 11.8 Å². The van der Waals surface area contributed by atoms with Crippen LogP contribution in [0.5, 0.6) is 0 Å². The number of hydrogen-bond acceptors (Lipinski definition) is 7. The molecule has 3 heterocycles. The van der Waals surface area contributed by atoms with Gasteiger partial charge in [0, 0.05) is 55.6 Å². The highest BCUT2D eigenvalue weighted by Gasteiger charge is 2.26. The van der Waals surface area contributed by atoms with Gasteiger partial charge in [0.25, 0.3) is 5.91 Å². The number of nitrogens with zero attached hydrogens (tertiary/aromatic N) is 5. The number of benzene rings is 1. The number of aromatic nitrogens is 3. The molecule has 1 aliphatic carbocycles. The summed E-state index contributed by atoms with van der Waals surface area (Å²) in [5, 5.41) is 7.55. The van der Waals surface area contributed by atoms with Crippen molar-refractivity contribution in [1.29, 1.82) is 0 Å². The molecular weight excluding hydrogens is 416 g/mol. The molecule has 2 aliphatic rings. The van der Waals surface area contributed by atoms with Crippen LogP contribution >= 0.6 is 0 Å². The molecule has 172 valence electrons. The summed E-state index contributed by atoms with van der Waals surface area (Å²) in [4.78, 5) is 26.4. The van der Waals surface area contributed by atoms with Crippen molar-refractivity contribution < 1.29 is 9.32 Å². The molecule has 2 fully saturated rings. The zero-order chi connectivity index (χ0) is 22.6. The molecule has 0 spiro atoms. The summed E-state index contributed by atoms with van der Waals surface area (Å²) in [5.41, 5.74) is 2.21. The standard InChI is InChI=1S/C25H30N6O2/c1-18-16-23(28-25(26-18)27-20-10-6-3-7-11-20)30-12-14-31(15-13-30)24(32)21-17-22(33-29-21)19-8-4-2-5-9-19/h2,4-5,8-9,16-17,20H,3,6-7,10-15H2,1H3,(H,26,27,28). The monoisotopic (exact) mass is 446 g/mol. The van der Waals surface area contributed by atoms with Crippen LogP contribution in [-0.2, 0) is 0 Å². The number of piperazine rings is 1. The molecule has 1 amide bonds. The Hall–Kier alpha value is -3.42. The zero-order valence-corrected chi connectivity index (χ0v) is 19.0. The maximum atomic E-state index is 13.0. The minimum Gasteiger partial charge on any atom is -0.355 e. The first-order valence-electron chi connectivity index (χ1n) is 11.8. The molecule has 3 aromatic rings. The lowest BCUT2D eigenvalue weighted by Crippen LogP contribution is -2.49. The summed E-state index contributed by atoms with van der Waals surface area (Å²) in [6.45, 7) is 4.66. The molecule has 8 heteroatoms. The normalized spacial score (nSPS) is 17.2. The molecule has 0 radical (unpaired) electrons. The Morgan fingerprint density at radius 1 is 1.00 bits per heavy atom. The van der Waals surface area contributed by atoms with Crippen molar-refractivity contribution in [2.24, 2.45) is 0 Å². The first-order chi connectivity index (χ1) is 16.2. The van der Waals surface area contributed by atoms with Gasteiger partial charge in [0.2, 0.25) is 5.95 Å². The first-order valence-corrected chi connectivity index (χ1v) is 11.8. The second-order valence-corrected chi connectivity index (χ2v) is 8.89. The number of aryl methyl sites for hydroxylation is 1. The highest BCUT2D eigenvalue weighted by Crippen LogP contribution is 2.24. The second-order valence-electron chi connectivity index (χ2n) is 8.89. The van der Waals surface area contributed by atoms with Crippen molar-refractivity contribution in [2.45, 2.75) is 45.1 Å². The average Bonchev–Trinajstić information content (AvgIpc) is 3.35. The summed E-state index contributed by atoms with van der Waals surface area (Å²) >= 11 is 0. The molecule has 1 saturated carbocycles. The third-order valence-corrected chi connectivity index (χ3v) is 6.46. The van der Waals surface area contributed by atoms with E-state index < -0.39 is 0 Å². The molecule has 2 aromatic heterocycles. The summed E-state index contributed by atoms with van der Waals surface area (Å²) < 4.78 is 5.41. The van der Waals surface area contributed by atoms with Crippen molar-refractivity contribution in [2.75, 3.05) is 36.4 Å². The van der Waals surface area contributed by atoms with Gasteiger partial charge in [-0.25, -0.2) is 4.98 Å². The highest BCUT2D eigenvalue weighted by atomic mass is 16.5. The second kappa shape index (κ2) is 9.60. The van der Waals surface area contributed by atoms with Gasteiger partial charge in [0.15, 0.2) is 11.5 Å². The third kappa shape index (κ3) is 4.99. The minimum absolute atomic E-state index is 0.0981. The number of hydrogen-bond donors (Lipinski definition) is 1. The maximum Gasteiger partial charge on any atom is 0.276 e. The molecule has 0 atom stereocenters. The SMILES string of the molecule is Cc1cc(N2CCN(C(=O)c3cc(-c4ccccc4)on3)CC2)nc(NC2CCCCC2)n1. The van der Waals surface area contributed by atoms with Crippen molar-refractivity contribution in [3.05, 3.63) is 53.9 Å². The zero-order valence-electron chi connectivity index (χ0n) is 19.0. The van der Waals surface area contributed by atoms with E-state index in [0.29, 0.717) is 49.6 Å². The van der Waals surface area contributed by atoms with E-state index in [1.54, 1.807) is 6.07 Å². The molecule has 0 unspecified atom stereocenters. The maximum absolute atomic E-state index is 13.0. The van der Waals surface area contributed by atoms with Gasteiger partial charge < -0.3 is 19.6 Å². The van der Waals surface area contributed by atoms with Crippen LogP contribution in [0.25, 0.3) is 11.3 Å². The Balaban J connectivity index is 1.21. The lowest BCUT2D eigenvalue weighted by molar-refractivity contribution is 0.0736. The van der Waals surface area contributed by atoms with Gasteiger partial charge in [-0.3, -0.25) is 4.79 Å². The van der Waals surface area contributed by atoms with Crippen molar-refractivity contribution >= 4 is 17.7 Å². The van der Waals surface area contributed by atoms with E-state index in [-0.39, 0.29) is 5.91 Å². The third-order valence-electron chi connectivity index (χ3n) is 6.46. The van der Waals surface area contributed by atoms with Gasteiger partial charge >= 0.3 is 0 Å². The fraction of sp³-hybridized carbons (Fsp3) is 0.440. The van der Waals surface area contributed by atoms with E-state index in [1.165, 1.54) is 32.1 Å². The lowest BCUT2D eigenvalue weighted by atomic mass is 9.96. The molecule has 1 aliphatic heterocycles. The number of carbonyl (C=O) groups excluding carboxylic acids is 1. The molecule has 1 saturated heterocycles.